The molecule has 30 heavy (non-hydrogen) atoms. The summed E-state index contributed by atoms with van der Waals surface area (Å²) in [7, 11) is 0. The van der Waals surface area contributed by atoms with E-state index in [9.17, 15) is 5.11 Å². The Morgan fingerprint density at radius 1 is 0.933 bits per heavy atom. The highest BCUT2D eigenvalue weighted by Gasteiger charge is 2.17. The minimum absolute atomic E-state index is 0. The maximum absolute atomic E-state index is 10.4. The zero-order valence-corrected chi connectivity index (χ0v) is 18.6. The van der Waals surface area contributed by atoms with Gasteiger partial charge >= 0.3 is 0 Å². The SMILES string of the molecule is Cl.Cl.OC(COCCN1CCN(Cc2ccccc2)CC1)c1ccc2occc2c1. The van der Waals surface area contributed by atoms with Crippen LogP contribution in [0.3, 0.4) is 0 Å². The van der Waals surface area contributed by atoms with Crippen LogP contribution in [-0.2, 0) is 11.3 Å². The lowest BCUT2D eigenvalue weighted by Crippen LogP contribution is -2.46. The summed E-state index contributed by atoms with van der Waals surface area (Å²) in [5.74, 6) is 0. The van der Waals surface area contributed by atoms with Crippen molar-refractivity contribution in [3.63, 3.8) is 0 Å². The van der Waals surface area contributed by atoms with E-state index >= 15 is 0 Å². The first-order valence-corrected chi connectivity index (χ1v) is 9.99. The van der Waals surface area contributed by atoms with Crippen LogP contribution < -0.4 is 0 Å². The Hall–Kier alpha value is -1.60. The van der Waals surface area contributed by atoms with Gasteiger partial charge in [0.1, 0.15) is 11.7 Å². The van der Waals surface area contributed by atoms with Crippen LogP contribution in [0.25, 0.3) is 11.0 Å². The summed E-state index contributed by atoms with van der Waals surface area (Å²) >= 11 is 0. The Morgan fingerprint density at radius 3 is 2.43 bits per heavy atom. The number of aliphatic hydroxyl groups excluding tert-OH is 1. The molecule has 1 fully saturated rings. The second-order valence-corrected chi connectivity index (χ2v) is 7.41. The number of halogens is 2. The van der Waals surface area contributed by atoms with E-state index in [0.29, 0.717) is 13.2 Å². The van der Waals surface area contributed by atoms with E-state index in [0.717, 1.165) is 55.8 Å². The van der Waals surface area contributed by atoms with Crippen LogP contribution in [0.4, 0.5) is 0 Å². The number of ether oxygens (including phenoxy) is 1. The molecule has 5 nitrogen and oxygen atoms in total. The highest BCUT2D eigenvalue weighted by molar-refractivity contribution is 5.85. The molecule has 1 N–H and O–H groups in total. The van der Waals surface area contributed by atoms with Crippen LogP contribution in [0.1, 0.15) is 17.2 Å². The highest BCUT2D eigenvalue weighted by Crippen LogP contribution is 2.21. The Morgan fingerprint density at radius 2 is 1.67 bits per heavy atom. The minimum atomic E-state index is -0.609. The van der Waals surface area contributed by atoms with Gasteiger partial charge in [0.05, 0.1) is 19.5 Å². The summed E-state index contributed by atoms with van der Waals surface area (Å²) in [4.78, 5) is 4.94. The number of nitrogens with zero attached hydrogens (tertiary/aromatic N) is 2. The monoisotopic (exact) mass is 452 g/mol. The number of hydrogen-bond donors (Lipinski definition) is 1. The lowest BCUT2D eigenvalue weighted by molar-refractivity contribution is 0.0197. The molecule has 3 aromatic rings. The van der Waals surface area contributed by atoms with E-state index in [1.165, 1.54) is 5.56 Å². The fraction of sp³-hybridized carbons (Fsp3) is 0.391. The smallest absolute Gasteiger partial charge is 0.133 e. The van der Waals surface area contributed by atoms with Crippen molar-refractivity contribution in [1.29, 1.82) is 0 Å². The molecular weight excluding hydrogens is 423 g/mol. The molecule has 2 heterocycles. The third kappa shape index (κ3) is 6.71. The molecule has 0 radical (unpaired) electrons. The van der Waals surface area contributed by atoms with Gasteiger partial charge in [0.2, 0.25) is 0 Å². The second kappa shape index (κ2) is 12.3. The Balaban J connectivity index is 0.00000160. The van der Waals surface area contributed by atoms with Crippen molar-refractivity contribution in [2.45, 2.75) is 12.6 Å². The Bertz CT molecular complexity index is 867. The Kier molecular flexibility index (Phi) is 10.1. The lowest BCUT2D eigenvalue weighted by Gasteiger charge is -2.34. The van der Waals surface area contributed by atoms with Gasteiger partial charge in [-0.1, -0.05) is 36.4 Å². The first kappa shape index (κ1) is 24.7. The van der Waals surface area contributed by atoms with Crippen molar-refractivity contribution in [3.05, 3.63) is 72.0 Å². The van der Waals surface area contributed by atoms with Gasteiger partial charge in [-0.05, 0) is 29.3 Å². The zero-order chi connectivity index (χ0) is 19.2. The molecule has 1 aromatic heterocycles. The Labute approximate surface area is 190 Å². The number of benzene rings is 2. The van der Waals surface area contributed by atoms with Gasteiger partial charge in [-0.3, -0.25) is 9.80 Å². The van der Waals surface area contributed by atoms with Crippen molar-refractivity contribution in [3.8, 4) is 0 Å². The van der Waals surface area contributed by atoms with Crippen LogP contribution in [0.5, 0.6) is 0 Å². The quantitative estimate of drug-likeness (QED) is 0.520. The molecule has 1 atom stereocenters. The summed E-state index contributed by atoms with van der Waals surface area (Å²) in [5.41, 5.74) is 3.08. The molecule has 1 saturated heterocycles. The molecule has 164 valence electrons. The summed E-state index contributed by atoms with van der Waals surface area (Å²) in [6.45, 7) is 7.20. The molecule has 1 aliphatic rings. The molecule has 1 unspecified atom stereocenters. The van der Waals surface area contributed by atoms with Crippen LogP contribution in [0, 0.1) is 0 Å². The first-order valence-electron chi connectivity index (χ1n) is 9.99. The van der Waals surface area contributed by atoms with Crippen molar-refractivity contribution in [1.82, 2.24) is 9.80 Å². The van der Waals surface area contributed by atoms with Crippen LogP contribution in [-0.4, -0.2) is 60.8 Å². The van der Waals surface area contributed by atoms with Gasteiger partial charge in [0, 0.05) is 44.7 Å². The largest absolute Gasteiger partial charge is 0.464 e. The lowest BCUT2D eigenvalue weighted by atomic mass is 10.1. The number of piperazine rings is 1. The number of aliphatic hydroxyl groups is 1. The summed E-state index contributed by atoms with van der Waals surface area (Å²) in [6.07, 6.45) is 1.05. The third-order valence-electron chi connectivity index (χ3n) is 5.40. The van der Waals surface area contributed by atoms with Crippen molar-refractivity contribution < 1.29 is 14.3 Å². The van der Waals surface area contributed by atoms with Crippen LogP contribution >= 0.6 is 24.8 Å². The fourth-order valence-electron chi connectivity index (χ4n) is 3.69. The predicted octanol–water partition coefficient (Wildman–Crippen LogP) is 4.14. The average Bonchev–Trinajstić information content (AvgIpc) is 3.21. The van der Waals surface area contributed by atoms with E-state index in [4.69, 9.17) is 9.15 Å². The van der Waals surface area contributed by atoms with Gasteiger partial charge in [0.15, 0.2) is 0 Å². The number of fused-ring (bicyclic) bond motifs is 1. The molecule has 1 aliphatic heterocycles. The standard InChI is InChI=1S/C23H28N2O3.2ClH/c26-22(20-6-7-23-21(16-20)8-14-28-23)18-27-15-13-24-9-11-25(12-10-24)17-19-4-2-1-3-5-19;;/h1-8,14,16,22,26H,9-13,15,17-18H2;2*1H. The molecule has 7 heteroatoms. The zero-order valence-electron chi connectivity index (χ0n) is 17.0. The molecule has 0 amide bonds. The molecule has 0 saturated carbocycles. The maximum atomic E-state index is 10.4. The van der Waals surface area contributed by atoms with E-state index < -0.39 is 6.10 Å². The van der Waals surface area contributed by atoms with Gasteiger partial charge in [0.25, 0.3) is 0 Å². The van der Waals surface area contributed by atoms with Crippen molar-refractivity contribution >= 4 is 35.8 Å². The van der Waals surface area contributed by atoms with Gasteiger partial charge < -0.3 is 14.3 Å². The maximum Gasteiger partial charge on any atom is 0.133 e. The molecule has 0 bridgehead atoms. The molecule has 4 rings (SSSR count). The molecule has 0 spiro atoms. The predicted molar refractivity (Wildman–Crippen MR) is 125 cm³/mol. The third-order valence-corrected chi connectivity index (χ3v) is 5.40. The number of furan rings is 1. The van der Waals surface area contributed by atoms with E-state index in [-0.39, 0.29) is 24.8 Å². The average molecular weight is 453 g/mol. The van der Waals surface area contributed by atoms with E-state index in [1.807, 2.05) is 24.3 Å². The van der Waals surface area contributed by atoms with Crippen LogP contribution in [0.2, 0.25) is 0 Å². The van der Waals surface area contributed by atoms with E-state index in [2.05, 4.69) is 40.1 Å². The summed E-state index contributed by atoms with van der Waals surface area (Å²) < 4.78 is 11.1. The number of rotatable bonds is 8. The molecular formula is C23H30Cl2N2O3. The van der Waals surface area contributed by atoms with Crippen molar-refractivity contribution in [2.24, 2.45) is 0 Å². The van der Waals surface area contributed by atoms with E-state index in [1.54, 1.807) is 6.26 Å². The summed E-state index contributed by atoms with van der Waals surface area (Å²) in [6, 6.07) is 18.3. The summed E-state index contributed by atoms with van der Waals surface area (Å²) in [5, 5.41) is 11.4. The van der Waals surface area contributed by atoms with Gasteiger partial charge in [-0.25, -0.2) is 0 Å². The number of hydrogen-bond acceptors (Lipinski definition) is 5. The van der Waals surface area contributed by atoms with Gasteiger partial charge in [-0.2, -0.15) is 0 Å². The minimum Gasteiger partial charge on any atom is -0.464 e. The molecule has 2 aromatic carbocycles. The normalized spacial score (nSPS) is 16.0. The van der Waals surface area contributed by atoms with Gasteiger partial charge in [-0.15, -0.1) is 24.8 Å². The van der Waals surface area contributed by atoms with Crippen molar-refractivity contribution in [2.75, 3.05) is 45.9 Å². The second-order valence-electron chi connectivity index (χ2n) is 7.41. The first-order chi connectivity index (χ1) is 13.8. The topological polar surface area (TPSA) is 49.1 Å². The van der Waals surface area contributed by atoms with Crippen LogP contribution in [0.15, 0.2) is 65.3 Å². The fourth-order valence-corrected chi connectivity index (χ4v) is 3.69. The highest BCUT2D eigenvalue weighted by atomic mass is 35.5. The molecule has 0 aliphatic carbocycles.